The minimum atomic E-state index is -2.07. The summed E-state index contributed by atoms with van der Waals surface area (Å²) in [5, 5.41) is 67.9. The van der Waals surface area contributed by atoms with Crippen molar-refractivity contribution in [2.45, 2.75) is 98.6 Å². The van der Waals surface area contributed by atoms with Crippen molar-refractivity contribution in [3.8, 4) is 28.7 Å². The van der Waals surface area contributed by atoms with E-state index in [0.29, 0.717) is 26.2 Å². The van der Waals surface area contributed by atoms with E-state index >= 15 is 0 Å². The Morgan fingerprint density at radius 2 is 1.68 bits per heavy atom. The summed E-state index contributed by atoms with van der Waals surface area (Å²) in [4.78, 5) is 43.3. The molecule has 1 amide bonds. The highest BCUT2D eigenvalue weighted by atomic mass is 16.7. The molecular formula is C51H66N4O13. The number of ether oxygens (including phenoxy) is 5. The van der Waals surface area contributed by atoms with Gasteiger partial charge in [-0.3, -0.25) is 24.3 Å². The Balaban J connectivity index is 1.45. The van der Waals surface area contributed by atoms with E-state index in [-0.39, 0.29) is 44.5 Å². The number of ketones is 1. The molecule has 0 unspecified atom stereocenters. The number of benzene rings is 3. The number of methoxy groups -OCH3 is 2. The van der Waals surface area contributed by atoms with Crippen LogP contribution in [0, 0.1) is 30.6 Å². The molecule has 1 fully saturated rings. The van der Waals surface area contributed by atoms with Crippen molar-refractivity contribution < 1.29 is 63.6 Å². The second-order valence-electron chi connectivity index (χ2n) is 18.3. The van der Waals surface area contributed by atoms with Crippen LogP contribution in [0.4, 0.5) is 5.69 Å². The zero-order chi connectivity index (χ0) is 49.8. The smallest absolute Gasteiger partial charge is 0.312 e. The lowest BCUT2D eigenvalue weighted by molar-refractivity contribution is -0.160. The molecule has 7 rings (SSSR count). The van der Waals surface area contributed by atoms with E-state index in [4.69, 9.17) is 28.8 Å². The van der Waals surface area contributed by atoms with Crippen molar-refractivity contribution in [1.29, 1.82) is 0 Å². The summed E-state index contributed by atoms with van der Waals surface area (Å²) in [6.07, 6.45) is 5.60. The summed E-state index contributed by atoms with van der Waals surface area (Å²) in [6, 6.07) is 7.88. The number of nitrogens with zero attached hydrogens (tertiary/aromatic N) is 3. The molecule has 68 heavy (non-hydrogen) atoms. The van der Waals surface area contributed by atoms with Crippen LogP contribution < -0.4 is 14.8 Å². The Bertz CT molecular complexity index is 2500. The molecule has 17 nitrogen and oxygen atoms in total. The van der Waals surface area contributed by atoms with Crippen molar-refractivity contribution in [2.75, 3.05) is 45.7 Å². The summed E-state index contributed by atoms with van der Waals surface area (Å²) >= 11 is 0. The third-order valence-electron chi connectivity index (χ3n) is 13.5. The van der Waals surface area contributed by atoms with Gasteiger partial charge in [-0.2, -0.15) is 5.10 Å². The van der Waals surface area contributed by atoms with Gasteiger partial charge in [0.25, 0.3) is 11.7 Å². The Hall–Kier alpha value is -6.14. The molecule has 17 heteroatoms. The number of anilines is 1. The summed E-state index contributed by atoms with van der Waals surface area (Å²) in [7, 11) is 3.07. The maximum Gasteiger partial charge on any atom is 0.312 e. The highest BCUT2D eigenvalue weighted by Gasteiger charge is 2.50. The number of carbonyl (C=O) groups is 3. The molecule has 6 N–H and O–H groups in total. The molecule has 4 aliphatic rings. The molecule has 3 aromatic rings. The fraction of sp³-hybridized carbons (Fsp3) is 0.490. The summed E-state index contributed by atoms with van der Waals surface area (Å²) < 4.78 is 29.2. The van der Waals surface area contributed by atoms with Crippen LogP contribution in [-0.2, 0) is 30.3 Å². The highest BCUT2D eigenvalue weighted by molar-refractivity contribution is 6.23. The van der Waals surface area contributed by atoms with Crippen LogP contribution >= 0.6 is 0 Å². The normalized spacial score (nSPS) is 29.5. The summed E-state index contributed by atoms with van der Waals surface area (Å²) in [5.41, 5.74) is 0.689. The number of Topliss-reactive ketones (excluding diaryl/α,β-unsaturated/α-hetero) is 1. The Morgan fingerprint density at radius 3 is 2.37 bits per heavy atom. The van der Waals surface area contributed by atoms with Gasteiger partial charge in [0.15, 0.2) is 5.75 Å². The number of fused-ring (bicyclic) bond motifs is 14. The number of rotatable bonds is 7. The topological polar surface area (TPSA) is 229 Å². The Kier molecular flexibility index (Phi) is 16.2. The maximum atomic E-state index is 14.6. The number of hydrogen-bond donors (Lipinski definition) is 6. The number of hydrogen-bond acceptors (Lipinski definition) is 16. The number of amides is 1. The standard InChI is InChI=1S/C51H66N4O13/c1-27-14-11-15-28(2)50(63)53-41-36(25-52-55-20-13-19-54(21-22-55)26-34-16-12-17-35(24-34)64-9)45(60)38-39(46(41)61)44(59)32(6)48-40(38)49(62)51(8,68-48)66-23-18-37(65-10)29(3)47(67-33(7)56)31(5)43(58)30(4)42(27)57/h11-12,14-18,23-25,27,29-31,37,42-43,47,57-61H,13,19-22,26H2,1-10H3,(H,53,63)/b14-11+,23-18+,28-15-,52-25-/t27-,29+,30+,31+,37-,42-,43+,47+,51-/m0/s1. The number of aliphatic hydroxyl groups is 2. The van der Waals surface area contributed by atoms with Gasteiger partial charge in [-0.1, -0.05) is 58.1 Å². The number of aromatic hydroxyl groups is 3. The van der Waals surface area contributed by atoms with Crippen molar-refractivity contribution >= 4 is 40.3 Å². The molecular weight excluding hydrogens is 877 g/mol. The number of nitrogens with one attached hydrogen (secondary N) is 1. The first-order valence-electron chi connectivity index (χ1n) is 22.9. The minimum absolute atomic E-state index is 0.0473. The highest BCUT2D eigenvalue weighted by Crippen LogP contribution is 2.55. The SMILES string of the molecule is COc1cccc(CN2CCCN(/N=C\c3c4c(O)c5c(O)c(C)c6c(c5c3O)C(=O)[C@@](C)(O/C=C/[C@H](OC)[C@@H](C)[C@@H](OC(C)=O)[C@H](C)[C@H](O)[C@H](C)[C@@H](O)[C@@H](C)/C=C/C=C(/C)C(=O)N4)O6)CC2)c1. The van der Waals surface area contributed by atoms with Gasteiger partial charge in [-0.05, 0) is 44.0 Å². The fourth-order valence-electron chi connectivity index (χ4n) is 9.27. The summed E-state index contributed by atoms with van der Waals surface area (Å²) in [6.45, 7) is 15.7. The quantitative estimate of drug-likeness (QED) is 0.0661. The van der Waals surface area contributed by atoms with Crippen LogP contribution in [0.1, 0.15) is 81.9 Å². The molecule has 3 aromatic carbocycles. The van der Waals surface area contributed by atoms with Crippen LogP contribution in [-0.4, -0.2) is 130 Å². The minimum Gasteiger partial charge on any atom is -0.507 e. The van der Waals surface area contributed by atoms with E-state index in [1.807, 2.05) is 29.3 Å². The van der Waals surface area contributed by atoms with Crippen LogP contribution in [0.2, 0.25) is 0 Å². The largest absolute Gasteiger partial charge is 0.507 e. The third-order valence-corrected chi connectivity index (χ3v) is 13.5. The fourth-order valence-corrected chi connectivity index (χ4v) is 9.27. The van der Waals surface area contributed by atoms with Gasteiger partial charge in [0.05, 0.1) is 60.1 Å². The van der Waals surface area contributed by atoms with Crippen molar-refractivity contribution in [2.24, 2.45) is 28.8 Å². The second-order valence-corrected chi connectivity index (χ2v) is 18.3. The predicted molar refractivity (Wildman–Crippen MR) is 256 cm³/mol. The molecule has 4 aliphatic heterocycles. The first kappa shape index (κ1) is 51.3. The third kappa shape index (κ3) is 10.6. The van der Waals surface area contributed by atoms with E-state index < -0.39 is 88.8 Å². The first-order valence-corrected chi connectivity index (χ1v) is 22.9. The zero-order valence-corrected chi connectivity index (χ0v) is 40.5. The van der Waals surface area contributed by atoms with Gasteiger partial charge in [-0.25, -0.2) is 0 Å². The molecule has 9 atom stereocenters. The Labute approximate surface area is 397 Å². The molecule has 0 saturated carbocycles. The Morgan fingerprint density at radius 1 is 0.941 bits per heavy atom. The molecule has 368 valence electrons. The van der Waals surface area contributed by atoms with Gasteiger partial charge in [0, 0.05) is 93.9 Å². The van der Waals surface area contributed by atoms with Crippen LogP contribution in [0.15, 0.2) is 65.5 Å². The number of hydrazone groups is 1. The zero-order valence-electron chi connectivity index (χ0n) is 40.5. The number of phenols is 3. The second kappa shape index (κ2) is 21.4. The van der Waals surface area contributed by atoms with Gasteiger partial charge in [-0.15, -0.1) is 0 Å². The van der Waals surface area contributed by atoms with Gasteiger partial charge < -0.3 is 54.5 Å². The lowest BCUT2D eigenvalue weighted by Gasteiger charge is -2.38. The average molecular weight is 943 g/mol. The van der Waals surface area contributed by atoms with E-state index in [1.54, 1.807) is 47.0 Å². The molecule has 0 radical (unpaired) electrons. The van der Waals surface area contributed by atoms with E-state index in [1.165, 1.54) is 59.4 Å². The number of allylic oxidation sites excluding steroid dienone is 2. The van der Waals surface area contributed by atoms with Gasteiger partial charge >= 0.3 is 11.8 Å². The van der Waals surface area contributed by atoms with Crippen LogP contribution in [0.25, 0.3) is 10.8 Å². The van der Waals surface area contributed by atoms with E-state index in [0.717, 1.165) is 24.3 Å². The molecule has 0 aliphatic carbocycles. The number of aliphatic hydroxyl groups excluding tert-OH is 2. The predicted octanol–water partition coefficient (Wildman–Crippen LogP) is 6.30. The molecule has 5 bridgehead atoms. The molecule has 0 spiro atoms. The van der Waals surface area contributed by atoms with Crippen molar-refractivity contribution in [3.63, 3.8) is 0 Å². The monoisotopic (exact) mass is 942 g/mol. The molecule has 4 heterocycles. The van der Waals surface area contributed by atoms with Gasteiger partial charge in [0.2, 0.25) is 0 Å². The van der Waals surface area contributed by atoms with Crippen molar-refractivity contribution in [1.82, 2.24) is 9.91 Å². The average Bonchev–Trinajstić information content (AvgIpc) is 3.41. The molecule has 1 saturated heterocycles. The maximum absolute atomic E-state index is 14.6. The number of esters is 1. The number of carbonyl (C=O) groups excluding carboxylic acids is 3. The molecule has 0 aromatic heterocycles. The van der Waals surface area contributed by atoms with E-state index in [9.17, 15) is 39.9 Å². The lowest BCUT2D eigenvalue weighted by Crippen LogP contribution is -2.46. The van der Waals surface area contributed by atoms with Crippen molar-refractivity contribution in [3.05, 3.63) is 82.7 Å². The first-order chi connectivity index (χ1) is 32.2. The number of phenolic OH excluding ortho intramolecular Hbond substituents is 3. The van der Waals surface area contributed by atoms with E-state index in [2.05, 4.69) is 10.2 Å². The van der Waals surface area contributed by atoms with Crippen LogP contribution in [0.3, 0.4) is 0 Å². The van der Waals surface area contributed by atoms with Crippen LogP contribution in [0.5, 0.6) is 28.7 Å². The van der Waals surface area contributed by atoms with Gasteiger partial charge in [0.1, 0.15) is 29.1 Å². The summed E-state index contributed by atoms with van der Waals surface area (Å²) in [5.74, 6) is -7.72. The lowest BCUT2D eigenvalue weighted by atomic mass is 9.78.